The lowest BCUT2D eigenvalue weighted by Crippen LogP contribution is -2.27. The lowest BCUT2D eigenvalue weighted by molar-refractivity contribution is 0.102. The number of aromatic nitrogens is 1. The fourth-order valence-corrected chi connectivity index (χ4v) is 6.59. The number of thiazole rings is 1. The van der Waals surface area contributed by atoms with Gasteiger partial charge in [-0.1, -0.05) is 23.7 Å². The Balaban J connectivity index is 1.36. The first-order chi connectivity index (χ1) is 15.9. The molecular weight excluding hydrogens is 478 g/mol. The van der Waals surface area contributed by atoms with Gasteiger partial charge < -0.3 is 5.32 Å². The minimum Gasteiger partial charge on any atom is -0.322 e. The van der Waals surface area contributed by atoms with E-state index in [1.54, 1.807) is 18.2 Å². The molecule has 9 heteroatoms. The van der Waals surface area contributed by atoms with Gasteiger partial charge in [0.2, 0.25) is 10.0 Å². The van der Waals surface area contributed by atoms with Crippen LogP contribution in [0.25, 0.3) is 20.8 Å². The van der Waals surface area contributed by atoms with E-state index in [-0.39, 0.29) is 10.8 Å². The first-order valence-corrected chi connectivity index (χ1v) is 13.1. The molecule has 33 heavy (non-hydrogen) atoms. The van der Waals surface area contributed by atoms with Gasteiger partial charge in [-0.15, -0.1) is 11.3 Å². The second-order valence-electron chi connectivity index (χ2n) is 7.77. The average molecular weight is 498 g/mol. The van der Waals surface area contributed by atoms with E-state index in [9.17, 15) is 13.2 Å². The van der Waals surface area contributed by atoms with Crippen molar-refractivity contribution in [3.05, 3.63) is 77.3 Å². The van der Waals surface area contributed by atoms with Gasteiger partial charge in [0.25, 0.3) is 5.91 Å². The second-order valence-corrected chi connectivity index (χ2v) is 11.1. The van der Waals surface area contributed by atoms with Crippen LogP contribution in [-0.2, 0) is 10.0 Å². The van der Waals surface area contributed by atoms with Crippen LogP contribution in [-0.4, -0.2) is 36.7 Å². The monoisotopic (exact) mass is 497 g/mol. The van der Waals surface area contributed by atoms with Crippen LogP contribution >= 0.6 is 22.9 Å². The first-order valence-electron chi connectivity index (χ1n) is 10.5. The number of sulfonamides is 1. The second kappa shape index (κ2) is 8.87. The number of carbonyl (C=O) groups excluding carboxylic acids is 1. The van der Waals surface area contributed by atoms with E-state index in [1.165, 1.54) is 39.9 Å². The van der Waals surface area contributed by atoms with E-state index < -0.39 is 10.0 Å². The van der Waals surface area contributed by atoms with Crippen LogP contribution in [0.4, 0.5) is 5.69 Å². The summed E-state index contributed by atoms with van der Waals surface area (Å²) < 4.78 is 27.9. The van der Waals surface area contributed by atoms with E-state index in [0.29, 0.717) is 29.4 Å². The highest BCUT2D eigenvalue weighted by molar-refractivity contribution is 7.89. The van der Waals surface area contributed by atoms with Gasteiger partial charge in [-0.05, 0) is 67.4 Å². The molecule has 0 bridgehead atoms. The molecular formula is C24H20ClN3O3S2. The molecule has 4 aromatic rings. The zero-order valence-corrected chi connectivity index (χ0v) is 19.9. The van der Waals surface area contributed by atoms with Crippen LogP contribution in [0.15, 0.2) is 71.6 Å². The fourth-order valence-electron chi connectivity index (χ4n) is 3.81. The Kier molecular flexibility index (Phi) is 5.92. The number of nitrogens with zero attached hydrogens (tertiary/aromatic N) is 2. The summed E-state index contributed by atoms with van der Waals surface area (Å²) in [6, 6.07) is 19.1. The first kappa shape index (κ1) is 22.0. The predicted octanol–water partition coefficient (Wildman–Crippen LogP) is 5.65. The molecule has 1 fully saturated rings. The number of carbonyl (C=O) groups is 1. The molecule has 0 spiro atoms. The molecule has 0 radical (unpaired) electrons. The topological polar surface area (TPSA) is 79.4 Å². The quantitative estimate of drug-likeness (QED) is 0.386. The van der Waals surface area contributed by atoms with E-state index in [2.05, 4.69) is 10.3 Å². The average Bonchev–Trinajstić information content (AvgIpc) is 3.51. The van der Waals surface area contributed by atoms with E-state index in [4.69, 9.17) is 11.6 Å². The predicted molar refractivity (Wildman–Crippen MR) is 132 cm³/mol. The summed E-state index contributed by atoms with van der Waals surface area (Å²) in [5.41, 5.74) is 2.58. The van der Waals surface area contributed by atoms with Crippen LogP contribution in [0.5, 0.6) is 0 Å². The lowest BCUT2D eigenvalue weighted by Gasteiger charge is -2.15. The fraction of sp³-hybridized carbons (Fsp3) is 0.167. The molecule has 1 saturated heterocycles. The van der Waals surface area contributed by atoms with E-state index >= 15 is 0 Å². The van der Waals surface area contributed by atoms with Crippen LogP contribution in [0.2, 0.25) is 5.02 Å². The Hall–Kier alpha value is -2.78. The summed E-state index contributed by atoms with van der Waals surface area (Å²) in [6.45, 7) is 1.08. The number of halogens is 1. The molecule has 1 aliphatic heterocycles. The van der Waals surface area contributed by atoms with Gasteiger partial charge in [-0.2, -0.15) is 4.31 Å². The van der Waals surface area contributed by atoms with Crippen molar-refractivity contribution in [1.29, 1.82) is 0 Å². The summed E-state index contributed by atoms with van der Waals surface area (Å²) in [5, 5.41) is 4.18. The number of rotatable bonds is 5. The summed E-state index contributed by atoms with van der Waals surface area (Å²) in [5.74, 6) is -0.335. The Morgan fingerprint density at radius 1 is 1.00 bits per heavy atom. The highest BCUT2D eigenvalue weighted by Gasteiger charge is 2.27. The molecule has 5 rings (SSSR count). The molecule has 3 aromatic carbocycles. The third kappa shape index (κ3) is 4.39. The van der Waals surface area contributed by atoms with Gasteiger partial charge in [-0.3, -0.25) is 4.79 Å². The largest absolute Gasteiger partial charge is 0.322 e. The molecule has 0 saturated carbocycles. The van der Waals surface area contributed by atoms with Gasteiger partial charge in [0.05, 0.1) is 20.1 Å². The lowest BCUT2D eigenvalue weighted by atomic mass is 10.1. The van der Waals surface area contributed by atoms with Crippen LogP contribution in [0, 0.1) is 0 Å². The van der Waals surface area contributed by atoms with E-state index in [1.807, 2.05) is 24.3 Å². The molecule has 1 N–H and O–H groups in total. The zero-order chi connectivity index (χ0) is 23.0. The highest BCUT2D eigenvalue weighted by Crippen LogP contribution is 2.36. The van der Waals surface area contributed by atoms with Crippen molar-refractivity contribution in [3.63, 3.8) is 0 Å². The van der Waals surface area contributed by atoms with E-state index in [0.717, 1.165) is 33.6 Å². The number of hydrogen-bond donors (Lipinski definition) is 1. The summed E-state index contributed by atoms with van der Waals surface area (Å²) in [4.78, 5) is 17.6. The van der Waals surface area contributed by atoms with Gasteiger partial charge >= 0.3 is 0 Å². The van der Waals surface area contributed by atoms with Gasteiger partial charge in [0, 0.05) is 29.9 Å². The normalized spacial score (nSPS) is 14.6. The minimum absolute atomic E-state index is 0.200. The van der Waals surface area contributed by atoms with Crippen LogP contribution in [0.1, 0.15) is 23.2 Å². The smallest absolute Gasteiger partial charge is 0.255 e. The number of para-hydroxylation sites is 1. The SMILES string of the molecule is O=C(Nc1ccc(Cl)c(-c2nc3ccccc3s2)c1)c1ccc(S(=O)(=O)N2CCCC2)cc1. The molecule has 2 heterocycles. The zero-order valence-electron chi connectivity index (χ0n) is 17.5. The Morgan fingerprint density at radius 3 is 2.45 bits per heavy atom. The van der Waals surface area contributed by atoms with Crippen molar-refractivity contribution in [2.24, 2.45) is 0 Å². The Labute approximate surface area is 200 Å². The van der Waals surface area contributed by atoms with Crippen LogP contribution < -0.4 is 5.32 Å². The third-order valence-corrected chi connectivity index (χ3v) is 8.88. The van der Waals surface area contributed by atoms with Crippen molar-refractivity contribution in [3.8, 4) is 10.6 Å². The molecule has 6 nitrogen and oxygen atoms in total. The van der Waals surface area contributed by atoms with Gasteiger partial charge in [-0.25, -0.2) is 13.4 Å². The molecule has 0 aliphatic carbocycles. The van der Waals surface area contributed by atoms with Crippen LogP contribution in [0.3, 0.4) is 0 Å². The van der Waals surface area contributed by atoms with Crippen molar-refractivity contribution in [2.45, 2.75) is 17.7 Å². The third-order valence-electron chi connectivity index (χ3n) is 5.57. The molecule has 0 unspecified atom stereocenters. The minimum atomic E-state index is -3.51. The van der Waals surface area contributed by atoms with Gasteiger partial charge in [0.15, 0.2) is 0 Å². The molecule has 168 valence electrons. The van der Waals surface area contributed by atoms with Gasteiger partial charge in [0.1, 0.15) is 5.01 Å². The maximum atomic E-state index is 12.8. The molecule has 1 amide bonds. The maximum absolute atomic E-state index is 12.8. The molecule has 1 aliphatic rings. The standard InChI is InChI=1S/C24H20ClN3O3S2/c25-20-12-9-17(15-19(20)24-27-21-5-1-2-6-22(21)32-24)26-23(29)16-7-10-18(11-8-16)33(30,31)28-13-3-4-14-28/h1-2,5-12,15H,3-4,13-14H2,(H,26,29). The van der Waals surface area contributed by atoms with Crippen molar-refractivity contribution >= 4 is 54.8 Å². The number of amides is 1. The number of fused-ring (bicyclic) bond motifs is 1. The Bertz CT molecular complexity index is 1410. The molecule has 0 atom stereocenters. The summed E-state index contributed by atoms with van der Waals surface area (Å²) >= 11 is 7.95. The Morgan fingerprint density at radius 2 is 1.73 bits per heavy atom. The summed E-state index contributed by atoms with van der Waals surface area (Å²) in [7, 11) is -3.51. The van der Waals surface area contributed by atoms with Crippen molar-refractivity contribution < 1.29 is 13.2 Å². The highest BCUT2D eigenvalue weighted by atomic mass is 35.5. The van der Waals surface area contributed by atoms with Crippen molar-refractivity contribution in [1.82, 2.24) is 9.29 Å². The number of nitrogens with one attached hydrogen (secondary N) is 1. The number of anilines is 1. The molecule has 1 aromatic heterocycles. The number of hydrogen-bond acceptors (Lipinski definition) is 5. The number of benzene rings is 3. The summed E-state index contributed by atoms with van der Waals surface area (Å²) in [6.07, 6.45) is 1.75. The maximum Gasteiger partial charge on any atom is 0.255 e. The van der Waals surface area contributed by atoms with Crippen molar-refractivity contribution in [2.75, 3.05) is 18.4 Å².